The van der Waals surface area contributed by atoms with Gasteiger partial charge in [-0.1, -0.05) is 6.92 Å². The molecule has 1 aromatic heterocycles. The maximum atomic E-state index is 12.1. The van der Waals surface area contributed by atoms with Crippen molar-refractivity contribution in [3.8, 4) is 0 Å². The minimum Gasteiger partial charge on any atom is -0.373 e. The summed E-state index contributed by atoms with van der Waals surface area (Å²) in [4.78, 5) is 5.70. The van der Waals surface area contributed by atoms with E-state index in [0.29, 0.717) is 5.69 Å². The number of hydrogen-bond donors (Lipinski definition) is 1. The standard InChI is InChI=1S/C12H18F3N3/c1-3-10(16)11-5-4-9(8-17-11)18(2)7-6-12(13,14)15/h4-5,8,10H,3,6-7,16H2,1-2H3/t10-/m0/s1. The van der Waals surface area contributed by atoms with Gasteiger partial charge in [0.25, 0.3) is 0 Å². The predicted molar refractivity (Wildman–Crippen MR) is 65.4 cm³/mol. The third kappa shape index (κ3) is 4.52. The lowest BCUT2D eigenvalue weighted by atomic mass is 10.1. The Bertz CT molecular complexity index is 362. The average Bonchev–Trinajstić information content (AvgIpc) is 2.34. The van der Waals surface area contributed by atoms with Crippen molar-refractivity contribution in [2.45, 2.75) is 32.0 Å². The van der Waals surface area contributed by atoms with E-state index in [4.69, 9.17) is 5.73 Å². The Morgan fingerprint density at radius 1 is 1.39 bits per heavy atom. The molecule has 0 radical (unpaired) electrons. The molecule has 0 unspecified atom stereocenters. The van der Waals surface area contributed by atoms with E-state index in [1.54, 1.807) is 25.4 Å². The van der Waals surface area contributed by atoms with Gasteiger partial charge in [-0.2, -0.15) is 13.2 Å². The van der Waals surface area contributed by atoms with Crippen LogP contribution in [0.15, 0.2) is 18.3 Å². The van der Waals surface area contributed by atoms with Crippen molar-refractivity contribution in [3.05, 3.63) is 24.0 Å². The fourth-order valence-corrected chi connectivity index (χ4v) is 1.48. The minimum atomic E-state index is -4.13. The minimum absolute atomic E-state index is 0.0790. The molecule has 3 nitrogen and oxygen atoms in total. The topological polar surface area (TPSA) is 42.1 Å². The largest absolute Gasteiger partial charge is 0.390 e. The number of hydrogen-bond acceptors (Lipinski definition) is 3. The van der Waals surface area contributed by atoms with Gasteiger partial charge < -0.3 is 10.6 Å². The van der Waals surface area contributed by atoms with E-state index in [0.717, 1.165) is 12.1 Å². The van der Waals surface area contributed by atoms with E-state index in [-0.39, 0.29) is 12.6 Å². The first kappa shape index (κ1) is 14.8. The van der Waals surface area contributed by atoms with Crippen LogP contribution >= 0.6 is 0 Å². The highest BCUT2D eigenvalue weighted by Gasteiger charge is 2.27. The highest BCUT2D eigenvalue weighted by Crippen LogP contribution is 2.22. The number of aromatic nitrogens is 1. The van der Waals surface area contributed by atoms with Gasteiger partial charge in [-0.15, -0.1) is 0 Å². The van der Waals surface area contributed by atoms with Gasteiger partial charge in [-0.3, -0.25) is 4.98 Å². The van der Waals surface area contributed by atoms with Crippen LogP contribution in [-0.4, -0.2) is 24.8 Å². The Morgan fingerprint density at radius 2 is 2.06 bits per heavy atom. The van der Waals surface area contributed by atoms with Gasteiger partial charge >= 0.3 is 6.18 Å². The zero-order chi connectivity index (χ0) is 13.8. The second-order valence-electron chi connectivity index (χ2n) is 4.24. The van der Waals surface area contributed by atoms with Gasteiger partial charge in [0.1, 0.15) is 0 Å². The highest BCUT2D eigenvalue weighted by atomic mass is 19.4. The number of nitrogens with two attached hydrogens (primary N) is 1. The van der Waals surface area contributed by atoms with Gasteiger partial charge in [0, 0.05) is 19.6 Å². The normalized spacial score (nSPS) is 13.4. The summed E-state index contributed by atoms with van der Waals surface area (Å²) in [5.41, 5.74) is 7.23. The number of pyridine rings is 1. The molecule has 0 aliphatic carbocycles. The predicted octanol–water partition coefficient (Wildman–Crippen LogP) is 2.88. The van der Waals surface area contributed by atoms with Crippen LogP contribution in [0.25, 0.3) is 0 Å². The van der Waals surface area contributed by atoms with Crippen LogP contribution in [0.5, 0.6) is 0 Å². The molecular formula is C12H18F3N3. The van der Waals surface area contributed by atoms with Crippen molar-refractivity contribution < 1.29 is 13.2 Å². The van der Waals surface area contributed by atoms with Crippen LogP contribution in [0.1, 0.15) is 31.5 Å². The molecule has 0 aliphatic heterocycles. The second-order valence-corrected chi connectivity index (χ2v) is 4.24. The molecule has 0 fully saturated rings. The summed E-state index contributed by atoms with van der Waals surface area (Å²) >= 11 is 0. The third-order valence-electron chi connectivity index (χ3n) is 2.76. The summed E-state index contributed by atoms with van der Waals surface area (Å²) in [6.45, 7) is 1.88. The lowest BCUT2D eigenvalue weighted by Gasteiger charge is -2.20. The smallest absolute Gasteiger partial charge is 0.373 e. The maximum absolute atomic E-state index is 12.1. The molecule has 102 valence electrons. The summed E-state index contributed by atoms with van der Waals surface area (Å²) < 4.78 is 36.3. The molecule has 1 atom stereocenters. The molecular weight excluding hydrogens is 243 g/mol. The molecule has 0 bridgehead atoms. The van der Waals surface area contributed by atoms with Gasteiger partial charge in [0.15, 0.2) is 0 Å². The molecule has 18 heavy (non-hydrogen) atoms. The van der Waals surface area contributed by atoms with Crippen molar-refractivity contribution in [3.63, 3.8) is 0 Å². The van der Waals surface area contributed by atoms with E-state index in [2.05, 4.69) is 4.98 Å². The molecule has 1 rings (SSSR count). The number of anilines is 1. The highest BCUT2D eigenvalue weighted by molar-refractivity contribution is 5.43. The Labute approximate surface area is 105 Å². The van der Waals surface area contributed by atoms with Gasteiger partial charge in [0.05, 0.1) is 24.0 Å². The Balaban J connectivity index is 2.62. The molecule has 0 aliphatic rings. The van der Waals surface area contributed by atoms with Gasteiger partial charge in [-0.25, -0.2) is 0 Å². The summed E-state index contributed by atoms with van der Waals surface area (Å²) in [7, 11) is 1.61. The Morgan fingerprint density at radius 3 is 2.50 bits per heavy atom. The molecule has 2 N–H and O–H groups in total. The lowest BCUT2D eigenvalue weighted by molar-refractivity contribution is -0.132. The molecule has 0 aromatic carbocycles. The molecule has 0 saturated carbocycles. The Kier molecular flexibility index (Phi) is 4.95. The fourth-order valence-electron chi connectivity index (χ4n) is 1.48. The summed E-state index contributed by atoms with van der Waals surface area (Å²) in [6.07, 6.45) is -2.64. The van der Waals surface area contributed by atoms with Crippen molar-refractivity contribution in [1.29, 1.82) is 0 Å². The first-order chi connectivity index (χ1) is 8.33. The van der Waals surface area contributed by atoms with E-state index in [9.17, 15) is 13.2 Å². The number of alkyl halides is 3. The molecule has 0 saturated heterocycles. The van der Waals surface area contributed by atoms with E-state index in [1.165, 1.54) is 4.90 Å². The van der Waals surface area contributed by atoms with Crippen LogP contribution in [0.2, 0.25) is 0 Å². The van der Waals surface area contributed by atoms with Crippen LogP contribution in [0.3, 0.4) is 0 Å². The SMILES string of the molecule is CC[C@H](N)c1ccc(N(C)CCC(F)(F)F)cn1. The van der Waals surface area contributed by atoms with Crippen molar-refractivity contribution in [2.75, 3.05) is 18.5 Å². The van der Waals surface area contributed by atoms with E-state index < -0.39 is 12.6 Å². The molecule has 0 amide bonds. The Hall–Kier alpha value is -1.30. The van der Waals surface area contributed by atoms with Crippen LogP contribution in [0, 0.1) is 0 Å². The molecule has 1 aromatic rings. The number of nitrogens with zero attached hydrogens (tertiary/aromatic N) is 2. The summed E-state index contributed by atoms with van der Waals surface area (Å²) in [6, 6.07) is 3.38. The van der Waals surface area contributed by atoms with Crippen molar-refractivity contribution in [1.82, 2.24) is 4.98 Å². The third-order valence-corrected chi connectivity index (χ3v) is 2.76. The molecule has 1 heterocycles. The van der Waals surface area contributed by atoms with Crippen molar-refractivity contribution in [2.24, 2.45) is 5.73 Å². The second kappa shape index (κ2) is 6.04. The average molecular weight is 261 g/mol. The van der Waals surface area contributed by atoms with E-state index in [1.807, 2.05) is 6.92 Å². The van der Waals surface area contributed by atoms with Crippen molar-refractivity contribution >= 4 is 5.69 Å². The molecule has 6 heteroatoms. The quantitative estimate of drug-likeness (QED) is 0.886. The van der Waals surface area contributed by atoms with Crippen LogP contribution < -0.4 is 10.6 Å². The van der Waals surface area contributed by atoms with Gasteiger partial charge in [0.2, 0.25) is 0 Å². The fraction of sp³-hybridized carbons (Fsp3) is 0.583. The first-order valence-electron chi connectivity index (χ1n) is 5.83. The number of rotatable bonds is 5. The summed E-state index contributed by atoms with van der Waals surface area (Å²) in [5.74, 6) is 0. The van der Waals surface area contributed by atoms with Crippen LogP contribution in [0.4, 0.5) is 18.9 Å². The maximum Gasteiger partial charge on any atom is 0.390 e. The number of halogens is 3. The first-order valence-corrected chi connectivity index (χ1v) is 5.83. The zero-order valence-corrected chi connectivity index (χ0v) is 10.5. The van der Waals surface area contributed by atoms with Crippen LogP contribution in [-0.2, 0) is 0 Å². The molecule has 0 spiro atoms. The zero-order valence-electron chi connectivity index (χ0n) is 10.5. The van der Waals surface area contributed by atoms with E-state index >= 15 is 0 Å². The summed E-state index contributed by atoms with van der Waals surface area (Å²) in [5, 5.41) is 0. The lowest BCUT2D eigenvalue weighted by Crippen LogP contribution is -2.24. The van der Waals surface area contributed by atoms with Gasteiger partial charge in [-0.05, 0) is 18.6 Å². The monoisotopic (exact) mass is 261 g/mol.